The third-order valence-corrected chi connectivity index (χ3v) is 4.23. The minimum absolute atomic E-state index is 0. The van der Waals surface area contributed by atoms with Crippen LogP contribution >= 0.6 is 47.4 Å². The fraction of sp³-hybridized carbons (Fsp3) is 0.429. The fourth-order valence-electron chi connectivity index (χ4n) is 2.37. The average Bonchev–Trinajstić information content (AvgIpc) is 2.38. The van der Waals surface area contributed by atoms with Crippen LogP contribution in [0.15, 0.2) is 36.9 Å². The van der Waals surface area contributed by atoms with Crippen LogP contribution in [0, 0.1) is 3.57 Å². The van der Waals surface area contributed by atoms with E-state index in [1.165, 1.54) is 9.13 Å². The molecular formula is C14H21Cl2IN2. The van der Waals surface area contributed by atoms with Crippen molar-refractivity contribution in [2.45, 2.75) is 12.5 Å². The summed E-state index contributed by atoms with van der Waals surface area (Å²) in [5.74, 6) is 0. The normalized spacial score (nSPS) is 16.9. The van der Waals surface area contributed by atoms with Crippen LogP contribution in [0.4, 0.5) is 0 Å². The molecule has 5 heteroatoms. The van der Waals surface area contributed by atoms with Crippen LogP contribution in [0.3, 0.4) is 0 Å². The summed E-state index contributed by atoms with van der Waals surface area (Å²) in [5, 5.41) is 3.41. The Hall–Kier alpha value is 0.190. The lowest BCUT2D eigenvalue weighted by molar-refractivity contribution is 0.174. The first-order chi connectivity index (χ1) is 8.33. The standard InChI is InChI=1S/C14H19IN2.2ClH/c1-2-5-14(17-10-8-16-9-11-17)12-6-3-4-7-13(12)15;;/h2-4,6-7,14,16H,1,5,8-11H2;2*1H/t14-;;/m0../s1. The Labute approximate surface area is 142 Å². The van der Waals surface area contributed by atoms with Gasteiger partial charge in [-0.15, -0.1) is 31.4 Å². The van der Waals surface area contributed by atoms with Crippen LogP contribution in [0.25, 0.3) is 0 Å². The van der Waals surface area contributed by atoms with Crippen molar-refractivity contribution in [1.29, 1.82) is 0 Å². The van der Waals surface area contributed by atoms with Gasteiger partial charge in [0, 0.05) is 35.8 Å². The highest BCUT2D eigenvalue weighted by molar-refractivity contribution is 14.1. The number of piperazine rings is 1. The average molecular weight is 415 g/mol. The summed E-state index contributed by atoms with van der Waals surface area (Å²) in [6.45, 7) is 8.35. The van der Waals surface area contributed by atoms with Crippen LogP contribution in [0.2, 0.25) is 0 Å². The maximum atomic E-state index is 3.91. The molecule has 1 aromatic carbocycles. The highest BCUT2D eigenvalue weighted by Gasteiger charge is 2.22. The minimum atomic E-state index is 0. The molecule has 0 saturated carbocycles. The van der Waals surface area contributed by atoms with E-state index < -0.39 is 0 Å². The molecule has 2 nitrogen and oxygen atoms in total. The molecule has 1 saturated heterocycles. The van der Waals surface area contributed by atoms with Gasteiger partial charge in [0.15, 0.2) is 0 Å². The monoisotopic (exact) mass is 414 g/mol. The third kappa shape index (κ3) is 5.23. The van der Waals surface area contributed by atoms with Crippen LogP contribution < -0.4 is 5.32 Å². The van der Waals surface area contributed by atoms with Crippen molar-refractivity contribution in [3.8, 4) is 0 Å². The molecule has 108 valence electrons. The summed E-state index contributed by atoms with van der Waals surface area (Å²) in [6.07, 6.45) is 3.07. The van der Waals surface area contributed by atoms with Crippen LogP contribution in [-0.4, -0.2) is 31.1 Å². The maximum Gasteiger partial charge on any atom is 0.0393 e. The summed E-state index contributed by atoms with van der Waals surface area (Å²) in [4.78, 5) is 2.57. The van der Waals surface area contributed by atoms with Crippen LogP contribution in [0.5, 0.6) is 0 Å². The zero-order chi connectivity index (χ0) is 12.1. The quantitative estimate of drug-likeness (QED) is 0.597. The molecule has 1 aliphatic heterocycles. The lowest BCUT2D eigenvalue weighted by Crippen LogP contribution is -2.45. The van der Waals surface area contributed by atoms with Crippen LogP contribution in [0.1, 0.15) is 18.0 Å². The second kappa shape index (κ2) is 10.00. The highest BCUT2D eigenvalue weighted by Crippen LogP contribution is 2.28. The van der Waals surface area contributed by atoms with Gasteiger partial charge in [0.2, 0.25) is 0 Å². The largest absolute Gasteiger partial charge is 0.314 e. The number of nitrogens with one attached hydrogen (secondary N) is 1. The van der Waals surface area contributed by atoms with Gasteiger partial charge in [-0.2, -0.15) is 0 Å². The maximum absolute atomic E-state index is 3.91. The number of nitrogens with zero attached hydrogens (tertiary/aromatic N) is 1. The van der Waals surface area contributed by atoms with E-state index >= 15 is 0 Å². The molecule has 0 aliphatic carbocycles. The Morgan fingerprint density at radius 2 is 1.89 bits per heavy atom. The molecule has 0 amide bonds. The molecule has 1 heterocycles. The second-order valence-corrected chi connectivity index (χ2v) is 5.51. The van der Waals surface area contributed by atoms with Crippen LogP contribution in [-0.2, 0) is 0 Å². The van der Waals surface area contributed by atoms with Gasteiger partial charge in [-0.05, 0) is 40.6 Å². The Kier molecular flexibility index (Phi) is 10.1. The molecule has 0 bridgehead atoms. The number of benzene rings is 1. The first-order valence-electron chi connectivity index (χ1n) is 6.13. The molecule has 1 aliphatic rings. The zero-order valence-corrected chi connectivity index (χ0v) is 14.6. The molecule has 19 heavy (non-hydrogen) atoms. The Morgan fingerprint density at radius 3 is 2.47 bits per heavy atom. The number of halogens is 3. The van der Waals surface area contributed by atoms with Crippen molar-refractivity contribution >= 4 is 47.4 Å². The van der Waals surface area contributed by atoms with E-state index in [0.29, 0.717) is 6.04 Å². The second-order valence-electron chi connectivity index (χ2n) is 4.35. The van der Waals surface area contributed by atoms with Gasteiger partial charge in [0.25, 0.3) is 0 Å². The number of rotatable bonds is 4. The number of hydrogen-bond acceptors (Lipinski definition) is 2. The zero-order valence-electron chi connectivity index (χ0n) is 10.8. The van der Waals surface area contributed by atoms with Gasteiger partial charge >= 0.3 is 0 Å². The van der Waals surface area contributed by atoms with E-state index in [1.807, 2.05) is 6.08 Å². The smallest absolute Gasteiger partial charge is 0.0393 e. The summed E-state index contributed by atoms with van der Waals surface area (Å²) < 4.78 is 1.36. The van der Waals surface area contributed by atoms with Gasteiger partial charge in [0.1, 0.15) is 0 Å². The summed E-state index contributed by atoms with van der Waals surface area (Å²) >= 11 is 2.43. The van der Waals surface area contributed by atoms with Gasteiger partial charge in [0.05, 0.1) is 0 Å². The number of hydrogen-bond donors (Lipinski definition) is 1. The Balaban J connectivity index is 0.00000162. The topological polar surface area (TPSA) is 15.3 Å². The molecule has 0 radical (unpaired) electrons. The van der Waals surface area contributed by atoms with E-state index in [0.717, 1.165) is 32.6 Å². The molecule has 2 rings (SSSR count). The highest BCUT2D eigenvalue weighted by atomic mass is 127. The van der Waals surface area contributed by atoms with Crippen molar-refractivity contribution in [1.82, 2.24) is 10.2 Å². The van der Waals surface area contributed by atoms with Gasteiger partial charge < -0.3 is 5.32 Å². The lowest BCUT2D eigenvalue weighted by Gasteiger charge is -2.35. The van der Waals surface area contributed by atoms with Gasteiger partial charge in [-0.3, -0.25) is 4.90 Å². The Bertz CT molecular complexity index is 381. The molecule has 0 spiro atoms. The molecule has 1 N–H and O–H groups in total. The van der Waals surface area contributed by atoms with Crippen molar-refractivity contribution < 1.29 is 0 Å². The predicted molar refractivity (Wildman–Crippen MR) is 95.7 cm³/mol. The van der Waals surface area contributed by atoms with E-state index in [1.54, 1.807) is 0 Å². The van der Waals surface area contributed by atoms with Crippen molar-refractivity contribution in [2.24, 2.45) is 0 Å². The SMILES string of the molecule is C=CC[C@@H](c1ccccc1I)N1CCNCC1.Cl.Cl. The van der Waals surface area contributed by atoms with E-state index in [9.17, 15) is 0 Å². The molecule has 0 aromatic heterocycles. The van der Waals surface area contributed by atoms with Gasteiger partial charge in [-0.25, -0.2) is 0 Å². The van der Waals surface area contributed by atoms with Crippen molar-refractivity contribution in [3.63, 3.8) is 0 Å². The fourth-order valence-corrected chi connectivity index (χ4v) is 3.12. The molecular weight excluding hydrogens is 394 g/mol. The van der Waals surface area contributed by atoms with E-state index in [2.05, 4.69) is 63.7 Å². The molecule has 1 aromatic rings. The molecule has 0 unspecified atom stereocenters. The lowest BCUT2D eigenvalue weighted by atomic mass is 10.0. The first kappa shape index (κ1) is 19.2. The van der Waals surface area contributed by atoms with E-state index in [4.69, 9.17) is 0 Å². The predicted octanol–water partition coefficient (Wildman–Crippen LogP) is 3.66. The van der Waals surface area contributed by atoms with Crippen molar-refractivity contribution in [2.75, 3.05) is 26.2 Å². The van der Waals surface area contributed by atoms with Gasteiger partial charge in [-0.1, -0.05) is 24.3 Å². The summed E-state index contributed by atoms with van der Waals surface area (Å²) in [7, 11) is 0. The first-order valence-corrected chi connectivity index (χ1v) is 7.21. The van der Waals surface area contributed by atoms with Crippen molar-refractivity contribution in [3.05, 3.63) is 46.1 Å². The Morgan fingerprint density at radius 1 is 1.26 bits per heavy atom. The summed E-state index contributed by atoms with van der Waals surface area (Å²) in [6, 6.07) is 9.17. The third-order valence-electron chi connectivity index (χ3n) is 3.25. The molecule has 1 fully saturated rings. The molecule has 1 atom stereocenters. The van der Waals surface area contributed by atoms with E-state index in [-0.39, 0.29) is 24.8 Å². The summed E-state index contributed by atoms with van der Waals surface area (Å²) in [5.41, 5.74) is 1.44. The minimum Gasteiger partial charge on any atom is -0.314 e.